The van der Waals surface area contributed by atoms with Crippen molar-refractivity contribution in [3.05, 3.63) is 217 Å². The molecule has 0 unspecified atom stereocenters. The number of fused-ring (bicyclic) bond motifs is 10. The largest absolute Gasteiger partial charge is 0.454 e. The highest BCUT2D eigenvalue weighted by molar-refractivity contribution is 6.30. The van der Waals surface area contributed by atoms with Crippen LogP contribution in [0.25, 0.3) is 97.7 Å². The number of alkyl halides is 3. The molecule has 0 aliphatic carbocycles. The third-order valence-electron chi connectivity index (χ3n) is 14.1. The predicted molar refractivity (Wildman–Crippen MR) is 279 cm³/mol. The molecule has 7 heteroatoms. The number of hydrogen-bond acceptors (Lipinski definition) is 4. The number of anilines is 6. The Morgan fingerprint density at radius 3 is 1.30 bits per heavy atom. The molecule has 0 fully saturated rings. The maximum atomic E-state index is 15.9. The highest BCUT2D eigenvalue weighted by Crippen LogP contribution is 2.53. The Bertz CT molecular complexity index is 4380. The van der Waals surface area contributed by atoms with Crippen molar-refractivity contribution < 1.29 is 22.0 Å². The number of nitrogens with zero attached hydrogens (tertiary/aromatic N) is 2. The summed E-state index contributed by atoms with van der Waals surface area (Å²) in [6, 6.07) is 67.5. The number of hydrogen-bond donors (Lipinski definition) is 0. The summed E-state index contributed by atoms with van der Waals surface area (Å²) in [5, 5.41) is 11.9. The molecule has 0 atom stereocenters. The van der Waals surface area contributed by atoms with Crippen LogP contribution < -0.4 is 9.80 Å². The maximum Gasteiger partial charge on any atom is 0.417 e. The van der Waals surface area contributed by atoms with Gasteiger partial charge < -0.3 is 18.6 Å². The lowest BCUT2D eigenvalue weighted by molar-refractivity contribution is -0.136. The Kier molecular flexibility index (Phi) is 8.33. The molecule has 0 spiro atoms. The van der Waals surface area contributed by atoms with Crippen LogP contribution in [0.4, 0.5) is 47.3 Å². The molecule has 0 amide bonds. The summed E-state index contributed by atoms with van der Waals surface area (Å²) < 4.78 is 61.5. The van der Waals surface area contributed by atoms with Gasteiger partial charge in [-0.25, -0.2) is 0 Å². The van der Waals surface area contributed by atoms with E-state index < -0.39 is 11.7 Å². The van der Waals surface area contributed by atoms with Gasteiger partial charge in [0.25, 0.3) is 0 Å². The summed E-state index contributed by atoms with van der Waals surface area (Å²) in [5.41, 5.74) is 7.19. The fraction of sp³-hybridized carbons (Fsp3) is 0.0323. The minimum absolute atomic E-state index is 0.134. The molecule has 0 aliphatic rings. The summed E-state index contributed by atoms with van der Waals surface area (Å²) >= 11 is 0. The smallest absolute Gasteiger partial charge is 0.417 e. The van der Waals surface area contributed by atoms with Gasteiger partial charge in [0, 0.05) is 49.1 Å². The van der Waals surface area contributed by atoms with Gasteiger partial charge in [0.15, 0.2) is 11.2 Å². The molecule has 69 heavy (non-hydrogen) atoms. The van der Waals surface area contributed by atoms with Crippen molar-refractivity contribution in [2.75, 3.05) is 9.80 Å². The van der Waals surface area contributed by atoms with E-state index in [0.29, 0.717) is 44.6 Å². The highest BCUT2D eigenvalue weighted by atomic mass is 19.4. The zero-order valence-electron chi connectivity index (χ0n) is 37.0. The average Bonchev–Trinajstić information content (AvgIpc) is 3.97. The first kappa shape index (κ1) is 39.4. The van der Waals surface area contributed by atoms with E-state index in [1.807, 2.05) is 133 Å². The van der Waals surface area contributed by atoms with Crippen LogP contribution in [0.1, 0.15) is 11.1 Å². The van der Waals surface area contributed by atoms with E-state index in [-0.39, 0.29) is 5.39 Å². The monoisotopic (exact) mass is 898 g/mol. The van der Waals surface area contributed by atoms with Gasteiger partial charge in [-0.05, 0) is 111 Å². The predicted octanol–water partition coefficient (Wildman–Crippen LogP) is 19.0. The van der Waals surface area contributed by atoms with Crippen LogP contribution >= 0.6 is 0 Å². The second-order valence-electron chi connectivity index (χ2n) is 17.9. The zero-order chi connectivity index (χ0) is 46.1. The third kappa shape index (κ3) is 5.77. The number of furan rings is 2. The second kappa shape index (κ2) is 14.6. The third-order valence-corrected chi connectivity index (χ3v) is 14.1. The van der Waals surface area contributed by atoms with Crippen molar-refractivity contribution in [1.29, 1.82) is 0 Å². The molecule has 14 rings (SSSR count). The number of aryl methyl sites for hydroxylation is 1. The average molecular weight is 899 g/mol. The van der Waals surface area contributed by atoms with Crippen LogP contribution in [0, 0.1) is 6.92 Å². The first-order valence-corrected chi connectivity index (χ1v) is 23.0. The zero-order valence-corrected chi connectivity index (χ0v) is 37.0. The number of halogens is 3. The van der Waals surface area contributed by atoms with E-state index >= 15 is 13.2 Å². The normalized spacial score (nSPS) is 12.3. The summed E-state index contributed by atoms with van der Waals surface area (Å²) in [7, 11) is 0. The molecule has 0 radical (unpaired) electrons. The van der Waals surface area contributed by atoms with Gasteiger partial charge in [0.05, 0.1) is 28.3 Å². The SMILES string of the molecule is Cc1cc(N(c2ccccc2)c2cccc3c2oc2ccc4ccccc4c23)c2ccc3c(C(F)(F)F)cc(N(c4ccccc4)c4cccc5c4oc4ccc6ccccc6c45)c4ccc1c2c43. The Morgan fingerprint density at radius 2 is 0.783 bits per heavy atom. The van der Waals surface area contributed by atoms with Crippen LogP contribution in [0.2, 0.25) is 0 Å². The summed E-state index contributed by atoms with van der Waals surface area (Å²) in [5.74, 6) is 0. The van der Waals surface area contributed by atoms with Gasteiger partial charge in [0.1, 0.15) is 11.2 Å². The van der Waals surface area contributed by atoms with Crippen molar-refractivity contribution >= 4 is 132 Å². The molecule has 2 aromatic heterocycles. The Morgan fingerprint density at radius 1 is 0.348 bits per heavy atom. The van der Waals surface area contributed by atoms with Crippen molar-refractivity contribution in [3.63, 3.8) is 0 Å². The lowest BCUT2D eigenvalue weighted by Gasteiger charge is -2.30. The van der Waals surface area contributed by atoms with E-state index in [1.54, 1.807) is 6.07 Å². The van der Waals surface area contributed by atoms with Crippen LogP contribution in [-0.2, 0) is 6.18 Å². The molecule has 0 saturated carbocycles. The van der Waals surface area contributed by atoms with Gasteiger partial charge >= 0.3 is 6.18 Å². The molecular formula is C62H37F3N2O2. The van der Waals surface area contributed by atoms with Crippen molar-refractivity contribution in [2.45, 2.75) is 13.1 Å². The fourth-order valence-corrected chi connectivity index (χ4v) is 11.2. The Labute approximate surface area is 392 Å². The van der Waals surface area contributed by atoms with Gasteiger partial charge in [-0.3, -0.25) is 0 Å². The maximum absolute atomic E-state index is 15.9. The summed E-state index contributed by atoms with van der Waals surface area (Å²) in [6.45, 7) is 2.04. The van der Waals surface area contributed by atoms with Crippen molar-refractivity contribution in [3.8, 4) is 0 Å². The van der Waals surface area contributed by atoms with E-state index in [9.17, 15) is 0 Å². The first-order valence-electron chi connectivity index (χ1n) is 23.0. The minimum atomic E-state index is -4.70. The molecule has 328 valence electrons. The highest BCUT2D eigenvalue weighted by Gasteiger charge is 2.36. The Balaban J connectivity index is 1.08. The van der Waals surface area contributed by atoms with E-state index in [4.69, 9.17) is 8.83 Å². The van der Waals surface area contributed by atoms with E-state index in [0.717, 1.165) is 87.5 Å². The number of benzene rings is 12. The molecule has 12 aromatic carbocycles. The number of para-hydroxylation sites is 4. The van der Waals surface area contributed by atoms with Gasteiger partial charge in [-0.15, -0.1) is 0 Å². The van der Waals surface area contributed by atoms with E-state index in [2.05, 4.69) is 77.7 Å². The Hall–Kier alpha value is -8.81. The standard InChI is InChI=1S/C62H37F3N2O2/c1-36-34-52(66(39-16-4-2-5-17-39)50-24-12-22-47-56-42-20-10-8-14-37(42)26-32-54(56)68-60(47)50)45-31-29-44-49(62(63,64)65)35-53(46-30-28-41(36)58(45)59(44)46)67(40-18-6-3-7-19-40)51-25-13-23-48-57-43-21-11-9-15-38(43)27-33-55(57)69-61(48)51/h2-35H,1H3. The molecule has 0 bridgehead atoms. The van der Waals surface area contributed by atoms with Gasteiger partial charge in [-0.1, -0.05) is 146 Å². The van der Waals surface area contributed by atoms with Crippen molar-refractivity contribution in [2.24, 2.45) is 0 Å². The van der Waals surface area contributed by atoms with Crippen LogP contribution in [0.5, 0.6) is 0 Å². The lowest BCUT2D eigenvalue weighted by atomic mass is 9.87. The number of rotatable bonds is 6. The molecular weight excluding hydrogens is 862 g/mol. The molecule has 0 aliphatic heterocycles. The molecule has 4 nitrogen and oxygen atoms in total. The van der Waals surface area contributed by atoms with Crippen molar-refractivity contribution in [1.82, 2.24) is 0 Å². The topological polar surface area (TPSA) is 32.8 Å². The van der Waals surface area contributed by atoms with E-state index in [1.165, 1.54) is 6.07 Å². The molecule has 2 heterocycles. The van der Waals surface area contributed by atoms with Gasteiger partial charge in [0.2, 0.25) is 0 Å². The summed E-state index contributed by atoms with van der Waals surface area (Å²) in [4.78, 5) is 4.13. The molecule has 0 N–H and O–H groups in total. The lowest BCUT2D eigenvalue weighted by Crippen LogP contribution is -2.14. The quantitative estimate of drug-likeness (QED) is 0.156. The first-order chi connectivity index (χ1) is 33.8. The van der Waals surface area contributed by atoms with Crippen LogP contribution in [0.15, 0.2) is 215 Å². The summed E-state index contributed by atoms with van der Waals surface area (Å²) in [6.07, 6.45) is -4.70. The van der Waals surface area contributed by atoms with Crippen LogP contribution in [0.3, 0.4) is 0 Å². The molecule has 0 saturated heterocycles. The molecule has 14 aromatic rings. The minimum Gasteiger partial charge on any atom is -0.454 e. The second-order valence-corrected chi connectivity index (χ2v) is 17.9. The fourth-order valence-electron chi connectivity index (χ4n) is 11.2. The van der Waals surface area contributed by atoms with Gasteiger partial charge in [-0.2, -0.15) is 13.2 Å². The van der Waals surface area contributed by atoms with Crippen LogP contribution in [-0.4, -0.2) is 0 Å².